The first kappa shape index (κ1) is 14.2. The van der Waals surface area contributed by atoms with Gasteiger partial charge in [-0.1, -0.05) is 19.3 Å². The Kier molecular flexibility index (Phi) is 4.35. The summed E-state index contributed by atoms with van der Waals surface area (Å²) in [5, 5.41) is 0. The fourth-order valence-electron chi connectivity index (χ4n) is 3.34. The van der Waals surface area contributed by atoms with Crippen LogP contribution in [0.15, 0.2) is 12.1 Å². The molecule has 0 unspecified atom stereocenters. The summed E-state index contributed by atoms with van der Waals surface area (Å²) in [5.74, 6) is 1.87. The molecule has 0 radical (unpaired) electrons. The predicted octanol–water partition coefficient (Wildman–Crippen LogP) is 3.17. The van der Waals surface area contributed by atoms with Crippen molar-refractivity contribution in [2.45, 2.75) is 44.4 Å². The lowest BCUT2D eigenvalue weighted by molar-refractivity contribution is 0.285. The van der Waals surface area contributed by atoms with Crippen LogP contribution in [0.5, 0.6) is 11.5 Å². The summed E-state index contributed by atoms with van der Waals surface area (Å²) in [6, 6.07) is 4.14. The topological polar surface area (TPSA) is 44.5 Å². The van der Waals surface area contributed by atoms with Crippen LogP contribution >= 0.6 is 0 Å². The Morgan fingerprint density at radius 3 is 2.32 bits per heavy atom. The maximum atomic E-state index is 6.14. The van der Waals surface area contributed by atoms with Crippen LogP contribution in [0.3, 0.4) is 0 Å². The third-order valence-corrected chi connectivity index (χ3v) is 4.46. The second-order valence-corrected chi connectivity index (χ2v) is 5.57. The number of rotatable bonds is 4. The molecule has 0 aliphatic heterocycles. The third kappa shape index (κ3) is 2.57. The largest absolute Gasteiger partial charge is 0.497 e. The van der Waals surface area contributed by atoms with Gasteiger partial charge in [-0.05, 0) is 37.5 Å². The monoisotopic (exact) mass is 263 g/mol. The molecule has 3 nitrogen and oxygen atoms in total. The van der Waals surface area contributed by atoms with Crippen LogP contribution in [0.2, 0.25) is 0 Å². The van der Waals surface area contributed by atoms with Crippen LogP contribution in [0.1, 0.15) is 43.2 Å². The van der Waals surface area contributed by atoms with E-state index in [-0.39, 0.29) is 5.41 Å². The summed E-state index contributed by atoms with van der Waals surface area (Å²) >= 11 is 0. The summed E-state index contributed by atoms with van der Waals surface area (Å²) in [4.78, 5) is 0. The lowest BCUT2D eigenvalue weighted by Gasteiger charge is -2.38. The normalized spacial score (nSPS) is 18.1. The standard InChI is InChI=1S/C16H25NO2/c1-12-9-13(18-2)10-14(15(12)19-3)16(11-17)7-5-4-6-8-16/h9-10H,4-8,11,17H2,1-3H3. The average Bonchev–Trinajstić information content (AvgIpc) is 2.47. The van der Waals surface area contributed by atoms with Crippen molar-refractivity contribution in [3.8, 4) is 11.5 Å². The molecule has 0 bridgehead atoms. The molecule has 0 saturated heterocycles. The van der Waals surface area contributed by atoms with Gasteiger partial charge < -0.3 is 15.2 Å². The minimum atomic E-state index is 0.0584. The summed E-state index contributed by atoms with van der Waals surface area (Å²) in [6.45, 7) is 2.74. The molecule has 2 rings (SSSR count). The molecule has 2 N–H and O–H groups in total. The van der Waals surface area contributed by atoms with Gasteiger partial charge in [-0.2, -0.15) is 0 Å². The first-order valence-electron chi connectivity index (χ1n) is 7.10. The van der Waals surface area contributed by atoms with Crippen molar-refractivity contribution in [2.75, 3.05) is 20.8 Å². The molecule has 106 valence electrons. The number of hydrogen-bond donors (Lipinski definition) is 1. The molecular formula is C16H25NO2. The zero-order chi connectivity index (χ0) is 13.9. The van der Waals surface area contributed by atoms with Crippen molar-refractivity contribution in [1.29, 1.82) is 0 Å². The molecule has 1 fully saturated rings. The first-order chi connectivity index (χ1) is 9.16. The number of nitrogens with two attached hydrogens (primary N) is 1. The van der Waals surface area contributed by atoms with Crippen molar-refractivity contribution >= 4 is 0 Å². The van der Waals surface area contributed by atoms with E-state index in [1.54, 1.807) is 14.2 Å². The van der Waals surface area contributed by atoms with Gasteiger partial charge in [-0.3, -0.25) is 0 Å². The molecule has 1 aliphatic rings. The summed E-state index contributed by atoms with van der Waals surface area (Å²) < 4.78 is 11.1. The zero-order valence-electron chi connectivity index (χ0n) is 12.3. The van der Waals surface area contributed by atoms with Gasteiger partial charge in [-0.15, -0.1) is 0 Å². The van der Waals surface area contributed by atoms with Crippen LogP contribution in [0.4, 0.5) is 0 Å². The Labute approximate surface area is 116 Å². The van der Waals surface area contributed by atoms with Gasteiger partial charge >= 0.3 is 0 Å². The van der Waals surface area contributed by atoms with E-state index in [4.69, 9.17) is 15.2 Å². The van der Waals surface area contributed by atoms with E-state index < -0.39 is 0 Å². The molecule has 0 amide bonds. The van der Waals surface area contributed by atoms with E-state index >= 15 is 0 Å². The van der Waals surface area contributed by atoms with Gasteiger partial charge in [0.05, 0.1) is 14.2 Å². The number of hydrogen-bond acceptors (Lipinski definition) is 3. The van der Waals surface area contributed by atoms with Crippen molar-refractivity contribution in [3.63, 3.8) is 0 Å². The van der Waals surface area contributed by atoms with Crippen molar-refractivity contribution < 1.29 is 9.47 Å². The SMILES string of the molecule is COc1cc(C)c(OC)c(C2(CN)CCCCC2)c1. The van der Waals surface area contributed by atoms with Crippen LogP contribution < -0.4 is 15.2 Å². The van der Waals surface area contributed by atoms with Crippen LogP contribution in [-0.4, -0.2) is 20.8 Å². The minimum Gasteiger partial charge on any atom is -0.497 e. The number of benzene rings is 1. The minimum absolute atomic E-state index is 0.0584. The van der Waals surface area contributed by atoms with E-state index in [1.165, 1.54) is 24.8 Å². The van der Waals surface area contributed by atoms with E-state index in [1.807, 2.05) is 6.07 Å². The highest BCUT2D eigenvalue weighted by Crippen LogP contribution is 2.45. The Morgan fingerprint density at radius 2 is 1.79 bits per heavy atom. The maximum Gasteiger partial charge on any atom is 0.125 e. The summed E-state index contributed by atoms with van der Waals surface area (Å²) in [6.07, 6.45) is 6.10. The van der Waals surface area contributed by atoms with Gasteiger partial charge in [0.25, 0.3) is 0 Å². The van der Waals surface area contributed by atoms with Crippen molar-refractivity contribution in [3.05, 3.63) is 23.3 Å². The number of methoxy groups -OCH3 is 2. The first-order valence-corrected chi connectivity index (χ1v) is 7.10. The van der Waals surface area contributed by atoms with Gasteiger partial charge in [-0.25, -0.2) is 0 Å². The van der Waals surface area contributed by atoms with E-state index in [9.17, 15) is 0 Å². The molecule has 1 aliphatic carbocycles. The Morgan fingerprint density at radius 1 is 1.11 bits per heavy atom. The van der Waals surface area contributed by atoms with E-state index in [2.05, 4.69) is 13.0 Å². The Bertz CT molecular complexity index is 437. The molecule has 0 spiro atoms. The summed E-state index contributed by atoms with van der Waals surface area (Å²) in [5.41, 5.74) is 8.55. The Hall–Kier alpha value is -1.22. The highest BCUT2D eigenvalue weighted by atomic mass is 16.5. The van der Waals surface area contributed by atoms with Crippen molar-refractivity contribution in [1.82, 2.24) is 0 Å². The van der Waals surface area contributed by atoms with Crippen LogP contribution in [0, 0.1) is 6.92 Å². The molecule has 19 heavy (non-hydrogen) atoms. The molecule has 1 aromatic carbocycles. The predicted molar refractivity (Wildman–Crippen MR) is 78.1 cm³/mol. The van der Waals surface area contributed by atoms with Crippen LogP contribution in [-0.2, 0) is 5.41 Å². The lowest BCUT2D eigenvalue weighted by Crippen LogP contribution is -2.37. The number of aryl methyl sites for hydroxylation is 1. The third-order valence-electron chi connectivity index (χ3n) is 4.46. The summed E-state index contributed by atoms with van der Waals surface area (Å²) in [7, 11) is 3.45. The lowest BCUT2D eigenvalue weighted by atomic mass is 9.69. The van der Waals surface area contributed by atoms with Gasteiger partial charge in [0, 0.05) is 17.5 Å². The molecule has 0 heterocycles. The average molecular weight is 263 g/mol. The van der Waals surface area contributed by atoms with Gasteiger partial charge in [0.1, 0.15) is 11.5 Å². The second-order valence-electron chi connectivity index (χ2n) is 5.57. The van der Waals surface area contributed by atoms with Crippen molar-refractivity contribution in [2.24, 2.45) is 5.73 Å². The Balaban J connectivity index is 2.54. The van der Waals surface area contributed by atoms with Crippen LogP contribution in [0.25, 0.3) is 0 Å². The maximum absolute atomic E-state index is 6.14. The fourth-order valence-corrected chi connectivity index (χ4v) is 3.34. The highest BCUT2D eigenvalue weighted by molar-refractivity contribution is 5.50. The fraction of sp³-hybridized carbons (Fsp3) is 0.625. The molecule has 0 aromatic heterocycles. The van der Waals surface area contributed by atoms with Gasteiger partial charge in [0.2, 0.25) is 0 Å². The van der Waals surface area contributed by atoms with E-state index in [0.29, 0.717) is 6.54 Å². The molecule has 3 heteroatoms. The molecule has 1 aromatic rings. The van der Waals surface area contributed by atoms with Gasteiger partial charge in [0.15, 0.2) is 0 Å². The smallest absolute Gasteiger partial charge is 0.125 e. The zero-order valence-corrected chi connectivity index (χ0v) is 12.3. The highest BCUT2D eigenvalue weighted by Gasteiger charge is 2.35. The molecule has 1 saturated carbocycles. The quantitative estimate of drug-likeness (QED) is 0.907. The second kappa shape index (κ2) is 5.83. The number of ether oxygens (including phenoxy) is 2. The molecule has 0 atom stereocenters. The van der Waals surface area contributed by atoms with E-state index in [0.717, 1.165) is 29.9 Å². The molecular weight excluding hydrogens is 238 g/mol.